The molecule has 1 aliphatic carbocycles. The van der Waals surface area contributed by atoms with Crippen molar-refractivity contribution in [2.24, 2.45) is 11.3 Å². The van der Waals surface area contributed by atoms with Crippen molar-refractivity contribution < 1.29 is 14.4 Å². The van der Waals surface area contributed by atoms with Crippen LogP contribution in [0.15, 0.2) is 42.5 Å². The Hall–Kier alpha value is -2.47. The van der Waals surface area contributed by atoms with Crippen molar-refractivity contribution in [2.45, 2.75) is 38.5 Å². The number of carbonyl (C=O) groups excluding carboxylic acids is 3. The second-order valence-electron chi connectivity index (χ2n) is 9.38. The molecule has 0 N–H and O–H groups in total. The summed E-state index contributed by atoms with van der Waals surface area (Å²) >= 11 is 1.29. The molecule has 1 spiro atoms. The Morgan fingerprint density at radius 3 is 2.19 bits per heavy atom. The van der Waals surface area contributed by atoms with Crippen LogP contribution in [0.2, 0.25) is 0 Å². The van der Waals surface area contributed by atoms with Crippen LogP contribution in [0.4, 0.5) is 0 Å². The molecule has 0 bridgehead atoms. The molecule has 2 aromatic rings. The van der Waals surface area contributed by atoms with Crippen LogP contribution < -0.4 is 0 Å². The standard InChI is InChI=1S/C25H28N2O3S/c1-17(28)21-7-8-22(31-21)24(30)26-12-9-25(10-13-26)11-14-27(16-25)23(29)20-15-19(20)18-5-3-2-4-6-18/h2-8,19-20H,9-16H2,1H3. The number of likely N-dealkylation sites (tertiary alicyclic amines) is 2. The molecule has 2 unspecified atom stereocenters. The molecule has 2 amide bonds. The first-order valence-corrected chi connectivity index (χ1v) is 12.0. The molecule has 31 heavy (non-hydrogen) atoms. The number of ketones is 1. The first-order chi connectivity index (χ1) is 15.0. The monoisotopic (exact) mass is 436 g/mol. The van der Waals surface area contributed by atoms with E-state index in [0.29, 0.717) is 21.6 Å². The highest BCUT2D eigenvalue weighted by Crippen LogP contribution is 2.50. The molecule has 5 nitrogen and oxygen atoms in total. The van der Waals surface area contributed by atoms with Gasteiger partial charge in [0.1, 0.15) is 0 Å². The summed E-state index contributed by atoms with van der Waals surface area (Å²) in [7, 11) is 0. The number of nitrogens with zero attached hydrogens (tertiary/aromatic N) is 2. The van der Waals surface area contributed by atoms with E-state index in [0.717, 1.165) is 51.9 Å². The summed E-state index contributed by atoms with van der Waals surface area (Å²) in [4.78, 5) is 42.7. The maximum atomic E-state index is 13.1. The van der Waals surface area contributed by atoms with Gasteiger partial charge in [0.05, 0.1) is 9.75 Å². The van der Waals surface area contributed by atoms with E-state index in [9.17, 15) is 14.4 Å². The van der Waals surface area contributed by atoms with Crippen LogP contribution in [0, 0.1) is 11.3 Å². The minimum absolute atomic E-state index is 0.00234. The highest BCUT2D eigenvalue weighted by atomic mass is 32.1. The molecule has 5 rings (SSSR count). The van der Waals surface area contributed by atoms with Crippen LogP contribution in [-0.4, -0.2) is 53.6 Å². The van der Waals surface area contributed by atoms with Crippen molar-refractivity contribution in [1.29, 1.82) is 0 Å². The third-order valence-electron chi connectivity index (χ3n) is 7.36. The maximum Gasteiger partial charge on any atom is 0.263 e. The van der Waals surface area contributed by atoms with E-state index < -0.39 is 0 Å². The summed E-state index contributed by atoms with van der Waals surface area (Å²) in [6.07, 6.45) is 3.90. The smallest absolute Gasteiger partial charge is 0.263 e. The SMILES string of the molecule is CC(=O)c1ccc(C(=O)N2CCC3(CC2)CCN(C(=O)C2CC2c2ccccc2)C3)s1. The fraction of sp³-hybridized carbons (Fsp3) is 0.480. The summed E-state index contributed by atoms with van der Waals surface area (Å²) in [5.41, 5.74) is 1.44. The lowest BCUT2D eigenvalue weighted by atomic mass is 9.77. The van der Waals surface area contributed by atoms with Crippen molar-refractivity contribution in [3.63, 3.8) is 0 Å². The minimum atomic E-state index is 0.00234. The number of amides is 2. The van der Waals surface area contributed by atoms with Crippen molar-refractivity contribution in [1.82, 2.24) is 9.80 Å². The molecule has 3 fully saturated rings. The molecule has 3 aliphatic rings. The first-order valence-electron chi connectivity index (χ1n) is 11.2. The van der Waals surface area contributed by atoms with Gasteiger partial charge in [-0.2, -0.15) is 0 Å². The third-order valence-corrected chi connectivity index (χ3v) is 8.53. The fourth-order valence-corrected chi connectivity index (χ4v) is 6.15. The average Bonchev–Trinajstić information content (AvgIpc) is 3.23. The van der Waals surface area contributed by atoms with E-state index in [2.05, 4.69) is 17.0 Å². The van der Waals surface area contributed by atoms with Gasteiger partial charge in [-0.25, -0.2) is 0 Å². The number of hydrogen-bond acceptors (Lipinski definition) is 4. The number of carbonyl (C=O) groups is 3. The van der Waals surface area contributed by atoms with E-state index in [4.69, 9.17) is 0 Å². The Morgan fingerprint density at radius 2 is 1.55 bits per heavy atom. The van der Waals surface area contributed by atoms with Crippen molar-refractivity contribution in [3.05, 3.63) is 57.8 Å². The first kappa shape index (κ1) is 20.4. The molecule has 1 aromatic carbocycles. The predicted octanol–water partition coefficient (Wildman–Crippen LogP) is 4.21. The lowest BCUT2D eigenvalue weighted by Gasteiger charge is -2.39. The number of piperidine rings is 1. The van der Waals surface area contributed by atoms with Gasteiger partial charge in [-0.05, 0) is 61.6 Å². The van der Waals surface area contributed by atoms with Crippen LogP contribution in [0.25, 0.3) is 0 Å². The number of hydrogen-bond donors (Lipinski definition) is 0. The minimum Gasteiger partial charge on any atom is -0.342 e. The van der Waals surface area contributed by atoms with Crippen LogP contribution in [0.3, 0.4) is 0 Å². The van der Waals surface area contributed by atoms with Gasteiger partial charge in [-0.3, -0.25) is 14.4 Å². The zero-order valence-corrected chi connectivity index (χ0v) is 18.7. The van der Waals surface area contributed by atoms with Gasteiger partial charge in [0, 0.05) is 32.1 Å². The average molecular weight is 437 g/mol. The quantitative estimate of drug-likeness (QED) is 0.675. The number of benzene rings is 1. The van der Waals surface area contributed by atoms with Gasteiger partial charge in [-0.15, -0.1) is 11.3 Å². The van der Waals surface area contributed by atoms with Crippen molar-refractivity contribution >= 4 is 28.9 Å². The van der Waals surface area contributed by atoms with Crippen molar-refractivity contribution in [2.75, 3.05) is 26.2 Å². The van der Waals surface area contributed by atoms with Gasteiger partial charge >= 0.3 is 0 Å². The second-order valence-corrected chi connectivity index (χ2v) is 10.5. The molecule has 2 atom stereocenters. The molecule has 6 heteroatoms. The Bertz CT molecular complexity index is 1010. The van der Waals surface area contributed by atoms with Crippen LogP contribution in [0.1, 0.15) is 63.4 Å². The molecule has 162 valence electrons. The molecule has 1 saturated carbocycles. The summed E-state index contributed by atoms with van der Waals surface area (Å²) in [6.45, 7) is 4.66. The zero-order valence-electron chi connectivity index (χ0n) is 17.9. The molecular weight excluding hydrogens is 408 g/mol. The molecule has 2 aliphatic heterocycles. The summed E-state index contributed by atoms with van der Waals surface area (Å²) in [6, 6.07) is 13.9. The van der Waals surface area contributed by atoms with Gasteiger partial charge in [-0.1, -0.05) is 30.3 Å². The Labute approximate surface area is 187 Å². The summed E-state index contributed by atoms with van der Waals surface area (Å²) in [5, 5.41) is 0. The lowest BCUT2D eigenvalue weighted by molar-refractivity contribution is -0.132. The Morgan fingerprint density at radius 1 is 0.903 bits per heavy atom. The van der Waals surface area contributed by atoms with Crippen LogP contribution in [-0.2, 0) is 4.79 Å². The maximum absolute atomic E-state index is 13.1. The fourth-order valence-electron chi connectivity index (χ4n) is 5.28. The highest BCUT2D eigenvalue weighted by molar-refractivity contribution is 7.15. The lowest BCUT2D eigenvalue weighted by Crippen LogP contribution is -2.44. The largest absolute Gasteiger partial charge is 0.342 e. The molecule has 1 aromatic heterocycles. The second kappa shape index (κ2) is 7.90. The number of Topliss-reactive ketones (excluding diaryl/α,β-unsaturated/α-hetero) is 1. The topological polar surface area (TPSA) is 57.7 Å². The van der Waals surface area contributed by atoms with Gasteiger partial charge in [0.15, 0.2) is 5.78 Å². The van der Waals surface area contributed by atoms with Crippen molar-refractivity contribution in [3.8, 4) is 0 Å². The normalized spacial score (nSPS) is 24.4. The number of rotatable bonds is 4. The van der Waals surface area contributed by atoms with Gasteiger partial charge in [0.25, 0.3) is 5.91 Å². The number of thiophene rings is 1. The molecule has 3 heterocycles. The molecule has 2 saturated heterocycles. The summed E-state index contributed by atoms with van der Waals surface area (Å²) in [5.74, 6) is 0.882. The van der Waals surface area contributed by atoms with Crippen LogP contribution in [0.5, 0.6) is 0 Å². The van der Waals surface area contributed by atoms with E-state index in [1.54, 1.807) is 12.1 Å². The third kappa shape index (κ3) is 3.93. The van der Waals surface area contributed by atoms with Crippen LogP contribution >= 0.6 is 11.3 Å². The van der Waals surface area contributed by atoms with E-state index in [1.807, 2.05) is 23.1 Å². The zero-order chi connectivity index (χ0) is 21.6. The molecular formula is C25H28N2O3S. The Balaban J connectivity index is 1.16. The highest BCUT2D eigenvalue weighted by Gasteiger charge is 2.49. The molecule has 0 radical (unpaired) electrons. The summed E-state index contributed by atoms with van der Waals surface area (Å²) < 4.78 is 0. The van der Waals surface area contributed by atoms with E-state index in [1.165, 1.54) is 23.8 Å². The predicted molar refractivity (Wildman–Crippen MR) is 120 cm³/mol. The van der Waals surface area contributed by atoms with Gasteiger partial charge < -0.3 is 9.80 Å². The van der Waals surface area contributed by atoms with E-state index >= 15 is 0 Å². The Kier molecular flexibility index (Phi) is 5.21. The van der Waals surface area contributed by atoms with E-state index in [-0.39, 0.29) is 23.0 Å². The van der Waals surface area contributed by atoms with Gasteiger partial charge in [0.2, 0.25) is 5.91 Å².